The highest BCUT2D eigenvalue weighted by atomic mass is 32.2. The number of nitro benzene ring substituents is 2. The third kappa shape index (κ3) is 3.48. The molecule has 0 spiro atoms. The summed E-state index contributed by atoms with van der Waals surface area (Å²) in [6, 6.07) is 12.0. The van der Waals surface area contributed by atoms with Crippen molar-refractivity contribution in [3.05, 3.63) is 74.3 Å². The van der Waals surface area contributed by atoms with Crippen LogP contribution in [-0.4, -0.2) is 14.1 Å². The van der Waals surface area contributed by atoms with E-state index in [0.717, 1.165) is 17.7 Å². The van der Waals surface area contributed by atoms with Crippen LogP contribution in [0, 0.1) is 20.2 Å². The molecular weight excluding hydrogens is 296 g/mol. The summed E-state index contributed by atoms with van der Waals surface area (Å²) in [6.45, 7) is 0. The molecule has 2 aromatic rings. The maximum atomic E-state index is 12.3. The van der Waals surface area contributed by atoms with Crippen LogP contribution in [0.4, 0.5) is 11.4 Å². The number of non-ortho nitro benzene ring substituents is 1. The Morgan fingerprint density at radius 2 is 1.62 bits per heavy atom. The Bertz CT molecular complexity index is 718. The van der Waals surface area contributed by atoms with Gasteiger partial charge in [-0.15, -0.1) is 0 Å². The van der Waals surface area contributed by atoms with Crippen LogP contribution in [0.1, 0.15) is 5.56 Å². The molecule has 0 aliphatic rings. The second-order valence-corrected chi connectivity index (χ2v) is 5.56. The molecule has 0 aromatic heterocycles. The van der Waals surface area contributed by atoms with Crippen LogP contribution in [0.3, 0.4) is 0 Å². The highest BCUT2D eigenvalue weighted by Gasteiger charge is 2.23. The van der Waals surface area contributed by atoms with Crippen LogP contribution in [0.25, 0.3) is 0 Å². The summed E-state index contributed by atoms with van der Waals surface area (Å²) in [5, 5.41) is 21.7. The van der Waals surface area contributed by atoms with Gasteiger partial charge < -0.3 is 0 Å². The molecule has 0 bridgehead atoms. The van der Waals surface area contributed by atoms with Gasteiger partial charge >= 0.3 is 0 Å². The number of nitro groups is 2. The third-order valence-electron chi connectivity index (χ3n) is 2.74. The number of hydrogen-bond donors (Lipinski definition) is 0. The van der Waals surface area contributed by atoms with Gasteiger partial charge in [0.1, 0.15) is 4.90 Å². The van der Waals surface area contributed by atoms with E-state index in [1.165, 1.54) is 6.07 Å². The van der Waals surface area contributed by atoms with Crippen LogP contribution >= 0.6 is 0 Å². The molecule has 0 N–H and O–H groups in total. The number of hydrogen-bond acceptors (Lipinski definition) is 5. The molecule has 2 aromatic carbocycles. The average Bonchev–Trinajstić information content (AvgIpc) is 2.47. The molecule has 1 atom stereocenters. The van der Waals surface area contributed by atoms with E-state index in [2.05, 4.69) is 0 Å². The molecule has 0 radical (unpaired) electrons. The molecule has 108 valence electrons. The van der Waals surface area contributed by atoms with Gasteiger partial charge in [0, 0.05) is 6.07 Å². The second-order valence-electron chi connectivity index (χ2n) is 4.14. The van der Waals surface area contributed by atoms with Crippen molar-refractivity contribution in [2.24, 2.45) is 0 Å². The summed E-state index contributed by atoms with van der Waals surface area (Å²) in [5.41, 5.74) is -0.135. The zero-order chi connectivity index (χ0) is 15.4. The Kier molecular flexibility index (Phi) is 4.39. The van der Waals surface area contributed by atoms with E-state index in [9.17, 15) is 24.4 Å². The Hall–Kier alpha value is -2.61. The quantitative estimate of drug-likeness (QED) is 0.624. The predicted molar refractivity (Wildman–Crippen MR) is 76.3 cm³/mol. The van der Waals surface area contributed by atoms with Crippen LogP contribution < -0.4 is 0 Å². The van der Waals surface area contributed by atoms with Gasteiger partial charge in [0.25, 0.3) is 11.4 Å². The highest BCUT2D eigenvalue weighted by Crippen LogP contribution is 2.28. The maximum Gasteiger partial charge on any atom is 0.292 e. The average molecular weight is 306 g/mol. The van der Waals surface area contributed by atoms with Crippen molar-refractivity contribution in [3.8, 4) is 0 Å². The zero-order valence-corrected chi connectivity index (χ0v) is 11.5. The lowest BCUT2D eigenvalue weighted by Gasteiger charge is -2.04. The van der Waals surface area contributed by atoms with Gasteiger partial charge in [-0.25, -0.2) is 0 Å². The Labute approximate surface area is 122 Å². The summed E-state index contributed by atoms with van der Waals surface area (Å²) in [4.78, 5) is 20.2. The van der Waals surface area contributed by atoms with Gasteiger partial charge in [-0.2, -0.15) is 0 Å². The topological polar surface area (TPSA) is 103 Å². The molecule has 0 unspecified atom stereocenters. The van der Waals surface area contributed by atoms with Crippen LogP contribution in [0.5, 0.6) is 0 Å². The smallest absolute Gasteiger partial charge is 0.258 e. The van der Waals surface area contributed by atoms with E-state index in [1.54, 1.807) is 30.3 Å². The van der Waals surface area contributed by atoms with E-state index >= 15 is 0 Å². The molecule has 0 heterocycles. The molecule has 2 rings (SSSR count). The van der Waals surface area contributed by atoms with Gasteiger partial charge in [0.15, 0.2) is 0 Å². The molecule has 0 aliphatic carbocycles. The Morgan fingerprint density at radius 1 is 0.952 bits per heavy atom. The third-order valence-corrected chi connectivity index (χ3v) is 4.17. The first-order valence-corrected chi connectivity index (χ1v) is 7.16. The van der Waals surface area contributed by atoms with E-state index in [4.69, 9.17) is 0 Å². The minimum atomic E-state index is -1.65. The largest absolute Gasteiger partial charge is 0.292 e. The maximum absolute atomic E-state index is 12.3. The fraction of sp³-hybridized carbons (Fsp3) is 0.0769. The monoisotopic (exact) mass is 306 g/mol. The summed E-state index contributed by atoms with van der Waals surface area (Å²) < 4.78 is 12.3. The van der Waals surface area contributed by atoms with Crippen molar-refractivity contribution in [2.45, 2.75) is 10.6 Å². The molecule has 0 saturated heterocycles. The first kappa shape index (κ1) is 14.8. The van der Waals surface area contributed by atoms with Crippen LogP contribution in [0.15, 0.2) is 53.4 Å². The Balaban J connectivity index is 2.36. The van der Waals surface area contributed by atoms with Crippen molar-refractivity contribution in [1.82, 2.24) is 0 Å². The van der Waals surface area contributed by atoms with E-state index in [-0.39, 0.29) is 10.6 Å². The van der Waals surface area contributed by atoms with Gasteiger partial charge in [-0.3, -0.25) is 24.4 Å². The summed E-state index contributed by atoms with van der Waals surface area (Å²) >= 11 is 0. The van der Waals surface area contributed by atoms with Crippen LogP contribution in [-0.2, 0) is 16.6 Å². The van der Waals surface area contributed by atoms with E-state index in [1.807, 2.05) is 0 Å². The Morgan fingerprint density at radius 3 is 2.19 bits per heavy atom. The molecule has 0 fully saturated rings. The second kappa shape index (κ2) is 6.23. The summed E-state index contributed by atoms with van der Waals surface area (Å²) in [5.74, 6) is 0.111. The first-order valence-electron chi connectivity index (χ1n) is 5.84. The number of benzene rings is 2. The van der Waals surface area contributed by atoms with Crippen molar-refractivity contribution < 1.29 is 14.1 Å². The molecule has 0 saturated carbocycles. The lowest BCUT2D eigenvalue weighted by atomic mass is 10.2. The molecule has 0 amide bonds. The molecule has 21 heavy (non-hydrogen) atoms. The van der Waals surface area contributed by atoms with Crippen molar-refractivity contribution in [3.63, 3.8) is 0 Å². The van der Waals surface area contributed by atoms with Crippen molar-refractivity contribution in [2.75, 3.05) is 0 Å². The molecule has 0 aliphatic heterocycles. The first-order chi connectivity index (χ1) is 9.99. The lowest BCUT2D eigenvalue weighted by molar-refractivity contribution is -0.396. The predicted octanol–water partition coefficient (Wildman–Crippen LogP) is 2.81. The normalized spacial score (nSPS) is 11.8. The minimum absolute atomic E-state index is 0.0190. The van der Waals surface area contributed by atoms with Gasteiger partial charge in [0.05, 0.1) is 32.5 Å². The lowest BCUT2D eigenvalue weighted by Crippen LogP contribution is -2.02. The standard InChI is InChI=1S/C13H10N2O5S/c16-14(17)11-6-7-13(12(8-11)15(18)19)21(20)9-10-4-2-1-3-5-10/h1-8H,9H2/t21-/m1/s1. The SMILES string of the molecule is O=[N+]([O-])c1ccc([S@](=O)Cc2ccccc2)c([N+](=O)[O-])c1. The van der Waals surface area contributed by atoms with Gasteiger partial charge in [0.2, 0.25) is 0 Å². The molecule has 8 heteroatoms. The summed E-state index contributed by atoms with van der Waals surface area (Å²) in [7, 11) is -1.65. The number of rotatable bonds is 5. The van der Waals surface area contributed by atoms with Crippen LogP contribution in [0.2, 0.25) is 0 Å². The van der Waals surface area contributed by atoms with Gasteiger partial charge in [-0.05, 0) is 11.6 Å². The van der Waals surface area contributed by atoms with Gasteiger partial charge in [-0.1, -0.05) is 30.3 Å². The fourth-order valence-electron chi connectivity index (χ4n) is 1.76. The number of nitrogens with zero attached hydrogens (tertiary/aromatic N) is 2. The van der Waals surface area contributed by atoms with Crippen molar-refractivity contribution in [1.29, 1.82) is 0 Å². The highest BCUT2D eigenvalue weighted by molar-refractivity contribution is 7.84. The minimum Gasteiger partial charge on any atom is -0.258 e. The van der Waals surface area contributed by atoms with E-state index in [0.29, 0.717) is 0 Å². The molecule has 7 nitrogen and oxygen atoms in total. The fourth-order valence-corrected chi connectivity index (χ4v) is 3.00. The molecular formula is C13H10N2O5S. The van der Waals surface area contributed by atoms with Crippen molar-refractivity contribution >= 4 is 22.2 Å². The van der Waals surface area contributed by atoms with E-state index < -0.39 is 32.0 Å². The summed E-state index contributed by atoms with van der Waals surface area (Å²) in [6.07, 6.45) is 0. The zero-order valence-electron chi connectivity index (χ0n) is 10.7.